The Morgan fingerprint density at radius 1 is 1.67 bits per heavy atom. The molecule has 0 fully saturated rings. The van der Waals surface area contributed by atoms with Crippen molar-refractivity contribution in [3.8, 4) is 0 Å². The zero-order valence-corrected chi connectivity index (χ0v) is 10.5. The molecule has 0 radical (unpaired) electrons. The van der Waals surface area contributed by atoms with Crippen LogP contribution in [-0.4, -0.2) is 28.2 Å². The molecule has 84 valence electrons. The number of rotatable bonds is 5. The zero-order chi connectivity index (χ0) is 11.3. The summed E-state index contributed by atoms with van der Waals surface area (Å²) < 4.78 is 11.0. The monoisotopic (exact) mass is 245 g/mol. The van der Waals surface area contributed by atoms with Crippen molar-refractivity contribution in [2.24, 2.45) is 0 Å². The van der Waals surface area contributed by atoms with Crippen LogP contribution in [0.3, 0.4) is 0 Å². The number of hydrogen-bond acceptors (Lipinski definition) is 3. The van der Waals surface area contributed by atoms with Crippen LogP contribution in [0, 0.1) is 0 Å². The van der Waals surface area contributed by atoms with E-state index in [2.05, 4.69) is 5.32 Å². The first-order chi connectivity index (χ1) is 7.11. The van der Waals surface area contributed by atoms with Gasteiger partial charge in [-0.2, -0.15) is 0 Å². The van der Waals surface area contributed by atoms with Gasteiger partial charge in [0, 0.05) is 28.9 Å². The van der Waals surface area contributed by atoms with Gasteiger partial charge in [-0.05, 0) is 17.9 Å². The Morgan fingerprint density at radius 2 is 2.40 bits per heavy atom. The van der Waals surface area contributed by atoms with Crippen molar-refractivity contribution in [2.45, 2.75) is 18.6 Å². The van der Waals surface area contributed by atoms with Crippen LogP contribution in [0.1, 0.15) is 23.0 Å². The number of thiophene rings is 1. The standard InChI is InChI=1S/C10H15NO2S2/c1-8(15(2)13)5-6-11-10(12)9-4-3-7-14-9/h3-4,7-8H,5-6H2,1-2H3,(H,11,12). The second-order valence-corrected chi connectivity index (χ2v) is 6.08. The average molecular weight is 245 g/mol. The third kappa shape index (κ3) is 4.13. The Hall–Kier alpha value is -0.680. The summed E-state index contributed by atoms with van der Waals surface area (Å²) in [5, 5.41) is 4.81. The Kier molecular flexibility index (Phi) is 4.98. The van der Waals surface area contributed by atoms with E-state index in [1.807, 2.05) is 18.4 Å². The fourth-order valence-corrected chi connectivity index (χ4v) is 2.14. The molecule has 2 unspecified atom stereocenters. The average Bonchev–Trinajstić information content (AvgIpc) is 2.70. The highest BCUT2D eigenvalue weighted by Gasteiger charge is 2.08. The van der Waals surface area contributed by atoms with Gasteiger partial charge in [-0.3, -0.25) is 9.00 Å². The minimum absolute atomic E-state index is 0.0425. The van der Waals surface area contributed by atoms with Crippen molar-refractivity contribution < 1.29 is 9.00 Å². The highest BCUT2D eigenvalue weighted by Crippen LogP contribution is 2.07. The summed E-state index contributed by atoms with van der Waals surface area (Å²) in [6.07, 6.45) is 2.44. The van der Waals surface area contributed by atoms with Crippen molar-refractivity contribution in [2.75, 3.05) is 12.8 Å². The van der Waals surface area contributed by atoms with E-state index < -0.39 is 10.8 Å². The maximum Gasteiger partial charge on any atom is 0.261 e. The molecule has 3 nitrogen and oxygen atoms in total. The molecule has 0 aromatic carbocycles. The number of hydrogen-bond donors (Lipinski definition) is 1. The largest absolute Gasteiger partial charge is 0.351 e. The molecule has 1 heterocycles. The van der Waals surface area contributed by atoms with E-state index in [1.165, 1.54) is 11.3 Å². The van der Waals surface area contributed by atoms with Crippen molar-refractivity contribution in [1.82, 2.24) is 5.32 Å². The van der Waals surface area contributed by atoms with Gasteiger partial charge >= 0.3 is 0 Å². The quantitative estimate of drug-likeness (QED) is 0.857. The van der Waals surface area contributed by atoms with Gasteiger partial charge in [0.1, 0.15) is 0 Å². The number of carbonyl (C=O) groups is 1. The van der Waals surface area contributed by atoms with Gasteiger partial charge in [0.25, 0.3) is 5.91 Å². The van der Waals surface area contributed by atoms with Gasteiger partial charge in [-0.1, -0.05) is 13.0 Å². The molecule has 0 aliphatic heterocycles. The first-order valence-corrected chi connectivity index (χ1v) is 7.25. The van der Waals surface area contributed by atoms with E-state index in [0.29, 0.717) is 6.54 Å². The molecule has 2 atom stereocenters. The van der Waals surface area contributed by atoms with Crippen molar-refractivity contribution in [3.05, 3.63) is 22.4 Å². The molecular formula is C10H15NO2S2. The minimum Gasteiger partial charge on any atom is -0.351 e. The molecule has 0 bridgehead atoms. The van der Waals surface area contributed by atoms with E-state index >= 15 is 0 Å². The second-order valence-electron chi connectivity index (χ2n) is 3.33. The highest BCUT2D eigenvalue weighted by atomic mass is 32.2. The summed E-state index contributed by atoms with van der Waals surface area (Å²) in [7, 11) is -0.810. The van der Waals surface area contributed by atoms with Crippen LogP contribution < -0.4 is 5.32 Å². The molecule has 0 aliphatic rings. The predicted octanol–water partition coefficient (Wildman–Crippen LogP) is 1.64. The lowest BCUT2D eigenvalue weighted by Crippen LogP contribution is -2.26. The maximum absolute atomic E-state index is 11.5. The van der Waals surface area contributed by atoms with Gasteiger partial charge < -0.3 is 5.32 Å². The normalized spacial score (nSPS) is 14.5. The van der Waals surface area contributed by atoms with Gasteiger partial charge in [-0.25, -0.2) is 0 Å². The van der Waals surface area contributed by atoms with Crippen molar-refractivity contribution in [3.63, 3.8) is 0 Å². The Balaban J connectivity index is 2.27. The summed E-state index contributed by atoms with van der Waals surface area (Å²) in [4.78, 5) is 12.2. The smallest absolute Gasteiger partial charge is 0.261 e. The van der Waals surface area contributed by atoms with Gasteiger partial charge in [0.2, 0.25) is 0 Å². The maximum atomic E-state index is 11.5. The van der Waals surface area contributed by atoms with E-state index in [1.54, 1.807) is 12.3 Å². The van der Waals surface area contributed by atoms with Crippen LogP contribution in [-0.2, 0) is 10.8 Å². The second kappa shape index (κ2) is 6.02. The van der Waals surface area contributed by atoms with Crippen molar-refractivity contribution >= 4 is 28.0 Å². The first-order valence-electron chi connectivity index (χ1n) is 4.75. The molecule has 1 N–H and O–H groups in total. The number of amides is 1. The zero-order valence-electron chi connectivity index (χ0n) is 8.86. The molecule has 1 amide bonds. The van der Waals surface area contributed by atoms with Crippen molar-refractivity contribution in [1.29, 1.82) is 0 Å². The SMILES string of the molecule is CC(CCNC(=O)c1cccs1)S(C)=O. The van der Waals surface area contributed by atoms with Crippen LogP contribution in [0.25, 0.3) is 0 Å². The molecule has 0 saturated heterocycles. The predicted molar refractivity (Wildman–Crippen MR) is 64.8 cm³/mol. The van der Waals surface area contributed by atoms with E-state index in [9.17, 15) is 9.00 Å². The third-order valence-corrected chi connectivity index (χ3v) is 4.39. The van der Waals surface area contributed by atoms with Crippen LogP contribution in [0.15, 0.2) is 17.5 Å². The number of carbonyl (C=O) groups excluding carboxylic acids is 1. The number of nitrogens with one attached hydrogen (secondary N) is 1. The molecular weight excluding hydrogens is 230 g/mol. The highest BCUT2D eigenvalue weighted by molar-refractivity contribution is 7.84. The summed E-state index contributed by atoms with van der Waals surface area (Å²) in [5.74, 6) is -0.0425. The molecule has 5 heteroatoms. The fraction of sp³-hybridized carbons (Fsp3) is 0.500. The molecule has 1 rings (SSSR count). The summed E-state index contributed by atoms with van der Waals surface area (Å²) in [6.45, 7) is 2.50. The summed E-state index contributed by atoms with van der Waals surface area (Å²) in [5.41, 5.74) is 0. The lowest BCUT2D eigenvalue weighted by Gasteiger charge is -2.08. The Labute approximate surface area is 96.3 Å². The van der Waals surface area contributed by atoms with E-state index in [-0.39, 0.29) is 11.2 Å². The molecule has 0 saturated carbocycles. The van der Waals surface area contributed by atoms with Crippen LogP contribution in [0.5, 0.6) is 0 Å². The Morgan fingerprint density at radius 3 is 2.93 bits per heavy atom. The van der Waals surface area contributed by atoms with Crippen LogP contribution in [0.4, 0.5) is 0 Å². The van der Waals surface area contributed by atoms with Crippen LogP contribution >= 0.6 is 11.3 Å². The molecule has 1 aromatic heterocycles. The fourth-order valence-electron chi connectivity index (χ4n) is 1.05. The molecule has 0 aliphatic carbocycles. The van der Waals surface area contributed by atoms with Crippen LogP contribution in [0.2, 0.25) is 0 Å². The molecule has 15 heavy (non-hydrogen) atoms. The van der Waals surface area contributed by atoms with E-state index in [0.717, 1.165) is 11.3 Å². The molecule has 1 aromatic rings. The van der Waals surface area contributed by atoms with Gasteiger partial charge in [-0.15, -0.1) is 11.3 Å². The lowest BCUT2D eigenvalue weighted by molar-refractivity contribution is 0.0957. The van der Waals surface area contributed by atoms with Gasteiger partial charge in [0.05, 0.1) is 4.88 Å². The summed E-state index contributed by atoms with van der Waals surface area (Å²) >= 11 is 1.42. The van der Waals surface area contributed by atoms with E-state index in [4.69, 9.17) is 0 Å². The summed E-state index contributed by atoms with van der Waals surface area (Å²) in [6, 6.07) is 3.64. The lowest BCUT2D eigenvalue weighted by atomic mass is 10.3. The van der Waals surface area contributed by atoms with Gasteiger partial charge in [0.15, 0.2) is 0 Å². The topological polar surface area (TPSA) is 46.2 Å². The Bertz CT molecular complexity index is 335. The molecule has 0 spiro atoms. The minimum atomic E-state index is -0.810. The first kappa shape index (κ1) is 12.4. The third-order valence-electron chi connectivity index (χ3n) is 2.15.